The van der Waals surface area contributed by atoms with E-state index in [9.17, 15) is 9.90 Å². The van der Waals surface area contributed by atoms with Gasteiger partial charge in [-0.1, -0.05) is 20.8 Å². The van der Waals surface area contributed by atoms with Crippen molar-refractivity contribution in [2.24, 2.45) is 16.7 Å². The molecule has 0 saturated heterocycles. The molecule has 2 fully saturated rings. The second kappa shape index (κ2) is 2.17. The molecule has 2 aliphatic carbocycles. The van der Waals surface area contributed by atoms with Crippen molar-refractivity contribution >= 4 is 6.29 Å². The van der Waals surface area contributed by atoms with E-state index in [0.29, 0.717) is 12.3 Å². The van der Waals surface area contributed by atoms with Gasteiger partial charge in [0.2, 0.25) is 0 Å². The first-order valence-electron chi connectivity index (χ1n) is 5.06. The summed E-state index contributed by atoms with van der Waals surface area (Å²) in [5, 5.41) is 10.2. The van der Waals surface area contributed by atoms with Crippen LogP contribution < -0.4 is 0 Å². The van der Waals surface area contributed by atoms with E-state index in [4.69, 9.17) is 0 Å². The lowest BCUT2D eigenvalue weighted by Crippen LogP contribution is -2.48. The minimum absolute atomic E-state index is 0.114. The van der Waals surface area contributed by atoms with Crippen LogP contribution in [0.5, 0.6) is 0 Å². The number of carbonyl (C=O) groups is 1. The normalized spacial score (nSPS) is 52.5. The van der Waals surface area contributed by atoms with Crippen molar-refractivity contribution in [1.29, 1.82) is 0 Å². The molecule has 0 aromatic carbocycles. The maximum Gasteiger partial charge on any atom is 0.152 e. The molecule has 74 valence electrons. The van der Waals surface area contributed by atoms with Gasteiger partial charge in [0.1, 0.15) is 5.60 Å². The second-order valence-corrected chi connectivity index (χ2v) is 5.54. The van der Waals surface area contributed by atoms with Crippen LogP contribution in [0.2, 0.25) is 0 Å². The van der Waals surface area contributed by atoms with Crippen LogP contribution >= 0.6 is 0 Å². The first-order chi connectivity index (χ1) is 5.87. The molecule has 0 aromatic rings. The average Bonchev–Trinajstić information content (AvgIpc) is 2.36. The van der Waals surface area contributed by atoms with Crippen molar-refractivity contribution in [2.45, 2.75) is 45.6 Å². The molecular formula is C11H18O2. The van der Waals surface area contributed by atoms with Crippen LogP contribution in [0.15, 0.2) is 0 Å². The van der Waals surface area contributed by atoms with E-state index in [2.05, 4.69) is 20.8 Å². The van der Waals surface area contributed by atoms with E-state index in [1.807, 2.05) is 0 Å². The molecule has 2 heteroatoms. The highest BCUT2D eigenvalue weighted by atomic mass is 16.3. The van der Waals surface area contributed by atoms with Gasteiger partial charge in [-0.05, 0) is 30.6 Å². The summed E-state index contributed by atoms with van der Waals surface area (Å²) in [7, 11) is 0. The average molecular weight is 182 g/mol. The third-order valence-electron chi connectivity index (χ3n) is 5.14. The van der Waals surface area contributed by atoms with Crippen LogP contribution in [0.25, 0.3) is 0 Å². The minimum Gasteiger partial charge on any atom is -0.382 e. The summed E-state index contributed by atoms with van der Waals surface area (Å²) >= 11 is 0. The van der Waals surface area contributed by atoms with Crippen molar-refractivity contribution in [1.82, 2.24) is 0 Å². The fourth-order valence-electron chi connectivity index (χ4n) is 3.51. The van der Waals surface area contributed by atoms with Crippen LogP contribution in [0.1, 0.15) is 40.0 Å². The minimum atomic E-state index is -1.06. The molecule has 0 heterocycles. The lowest BCUT2D eigenvalue weighted by Gasteiger charge is -2.41. The molecule has 1 N–H and O–H groups in total. The Morgan fingerprint density at radius 1 is 1.38 bits per heavy atom. The molecule has 0 spiro atoms. The van der Waals surface area contributed by atoms with Gasteiger partial charge in [-0.15, -0.1) is 0 Å². The Balaban J connectivity index is 2.49. The van der Waals surface area contributed by atoms with Gasteiger partial charge < -0.3 is 9.90 Å². The summed E-state index contributed by atoms with van der Waals surface area (Å²) in [6, 6.07) is 0. The standard InChI is InChI=1S/C11H18O2/c1-9(2)8-4-5-10(9,3)11(13,6-8)7-12/h7-8,13H,4-6H2,1-3H3. The molecule has 0 amide bonds. The highest BCUT2D eigenvalue weighted by molar-refractivity contribution is 5.66. The zero-order chi connectivity index (χ0) is 9.91. The molecule has 0 aromatic heterocycles. The predicted octanol–water partition coefficient (Wildman–Crippen LogP) is 1.76. The molecule has 3 unspecified atom stereocenters. The van der Waals surface area contributed by atoms with Crippen molar-refractivity contribution in [3.63, 3.8) is 0 Å². The van der Waals surface area contributed by atoms with E-state index < -0.39 is 5.60 Å². The summed E-state index contributed by atoms with van der Waals surface area (Å²) in [6.07, 6.45) is 3.59. The first-order valence-corrected chi connectivity index (χ1v) is 5.06. The fourth-order valence-corrected chi connectivity index (χ4v) is 3.51. The number of aldehydes is 1. The van der Waals surface area contributed by atoms with Gasteiger partial charge in [-0.2, -0.15) is 0 Å². The van der Waals surface area contributed by atoms with Gasteiger partial charge in [0.15, 0.2) is 6.29 Å². The number of carbonyl (C=O) groups excluding carboxylic acids is 1. The molecule has 0 aliphatic heterocycles. The maximum atomic E-state index is 11.0. The molecular weight excluding hydrogens is 164 g/mol. The van der Waals surface area contributed by atoms with Crippen LogP contribution in [0.3, 0.4) is 0 Å². The Hall–Kier alpha value is -0.370. The largest absolute Gasteiger partial charge is 0.382 e. The van der Waals surface area contributed by atoms with Gasteiger partial charge >= 0.3 is 0 Å². The van der Waals surface area contributed by atoms with Crippen molar-refractivity contribution < 1.29 is 9.90 Å². The van der Waals surface area contributed by atoms with Gasteiger partial charge in [-0.25, -0.2) is 0 Å². The summed E-state index contributed by atoms with van der Waals surface area (Å²) in [5.74, 6) is 0.521. The van der Waals surface area contributed by atoms with E-state index in [-0.39, 0.29) is 10.8 Å². The molecule has 2 nitrogen and oxygen atoms in total. The molecule has 3 atom stereocenters. The lowest BCUT2D eigenvalue weighted by molar-refractivity contribution is -0.141. The predicted molar refractivity (Wildman–Crippen MR) is 50.2 cm³/mol. The van der Waals surface area contributed by atoms with Crippen LogP contribution in [0, 0.1) is 16.7 Å². The number of hydrogen-bond donors (Lipinski definition) is 1. The van der Waals surface area contributed by atoms with Gasteiger partial charge in [-0.3, -0.25) is 0 Å². The lowest BCUT2D eigenvalue weighted by atomic mass is 9.65. The Bertz CT molecular complexity index is 259. The van der Waals surface area contributed by atoms with E-state index in [1.165, 1.54) is 6.42 Å². The maximum absolute atomic E-state index is 11.0. The van der Waals surface area contributed by atoms with Gasteiger partial charge in [0.05, 0.1) is 0 Å². The summed E-state index contributed by atoms with van der Waals surface area (Å²) in [5.41, 5.74) is -1.14. The van der Waals surface area contributed by atoms with Crippen LogP contribution in [-0.2, 0) is 4.79 Å². The number of rotatable bonds is 1. The molecule has 2 aliphatic rings. The Labute approximate surface area is 79.3 Å². The highest BCUT2D eigenvalue weighted by Crippen LogP contribution is 2.68. The van der Waals surface area contributed by atoms with Crippen molar-refractivity contribution in [3.05, 3.63) is 0 Å². The number of hydrogen-bond acceptors (Lipinski definition) is 2. The van der Waals surface area contributed by atoms with Crippen molar-refractivity contribution in [2.75, 3.05) is 0 Å². The van der Waals surface area contributed by atoms with E-state index >= 15 is 0 Å². The van der Waals surface area contributed by atoms with Crippen molar-refractivity contribution in [3.8, 4) is 0 Å². The van der Waals surface area contributed by atoms with Crippen LogP contribution in [-0.4, -0.2) is 17.0 Å². The topological polar surface area (TPSA) is 37.3 Å². The monoisotopic (exact) mass is 182 g/mol. The third-order valence-corrected chi connectivity index (χ3v) is 5.14. The summed E-state index contributed by atoms with van der Waals surface area (Å²) in [4.78, 5) is 11.0. The number of fused-ring (bicyclic) bond motifs is 2. The third kappa shape index (κ3) is 0.762. The highest BCUT2D eigenvalue weighted by Gasteiger charge is 2.68. The molecule has 2 rings (SSSR count). The smallest absolute Gasteiger partial charge is 0.152 e. The van der Waals surface area contributed by atoms with E-state index in [1.54, 1.807) is 0 Å². The molecule has 0 radical (unpaired) electrons. The zero-order valence-electron chi connectivity index (χ0n) is 8.63. The molecule has 13 heavy (non-hydrogen) atoms. The van der Waals surface area contributed by atoms with Gasteiger partial charge in [0, 0.05) is 5.41 Å². The van der Waals surface area contributed by atoms with Gasteiger partial charge in [0.25, 0.3) is 0 Å². The first kappa shape index (κ1) is 9.20. The Morgan fingerprint density at radius 3 is 2.23 bits per heavy atom. The Kier molecular flexibility index (Phi) is 1.53. The quantitative estimate of drug-likeness (QED) is 0.627. The van der Waals surface area contributed by atoms with E-state index in [0.717, 1.165) is 12.7 Å². The summed E-state index contributed by atoms with van der Waals surface area (Å²) < 4.78 is 0. The fraction of sp³-hybridized carbons (Fsp3) is 0.909. The second-order valence-electron chi connectivity index (χ2n) is 5.54. The zero-order valence-corrected chi connectivity index (χ0v) is 8.63. The van der Waals surface area contributed by atoms with Crippen LogP contribution in [0.4, 0.5) is 0 Å². The molecule has 2 saturated carbocycles. The molecule has 2 bridgehead atoms. The summed E-state index contributed by atoms with van der Waals surface area (Å²) in [6.45, 7) is 6.44. The Morgan fingerprint density at radius 2 is 2.00 bits per heavy atom. The SMILES string of the molecule is CC1(C)C2CCC1(C)C(O)(C=O)C2. The number of aliphatic hydroxyl groups is 1.